The highest BCUT2D eigenvalue weighted by molar-refractivity contribution is 8.00. The number of amides is 2. The van der Waals surface area contributed by atoms with Crippen LogP contribution in [0.5, 0.6) is 0 Å². The predicted molar refractivity (Wildman–Crippen MR) is 71.8 cm³/mol. The lowest BCUT2D eigenvalue weighted by atomic mass is 9.87. The van der Waals surface area contributed by atoms with E-state index < -0.39 is 11.2 Å². The molecule has 6 nitrogen and oxygen atoms in total. The van der Waals surface area contributed by atoms with Crippen LogP contribution in [0.2, 0.25) is 0 Å². The second-order valence-electron chi connectivity index (χ2n) is 4.62. The van der Waals surface area contributed by atoms with Crippen LogP contribution in [0.4, 0.5) is 0 Å². The number of hydrogen-bond acceptors (Lipinski definition) is 6. The molecule has 1 fully saturated rings. The molecule has 4 rings (SSSR count). The maximum atomic E-state index is 12.1. The second kappa shape index (κ2) is 4.10. The van der Waals surface area contributed by atoms with Crippen LogP contribution >= 0.6 is 23.1 Å². The van der Waals surface area contributed by atoms with Crippen molar-refractivity contribution in [2.24, 2.45) is 5.92 Å². The maximum Gasteiger partial charge on any atom is 0.305 e. The van der Waals surface area contributed by atoms with E-state index in [4.69, 9.17) is 4.42 Å². The average molecular weight is 308 g/mol. The first kappa shape index (κ1) is 12.0. The molecule has 1 saturated heterocycles. The van der Waals surface area contributed by atoms with Crippen molar-refractivity contribution >= 4 is 34.9 Å². The lowest BCUT2D eigenvalue weighted by Crippen LogP contribution is -2.30. The van der Waals surface area contributed by atoms with Gasteiger partial charge in [0.25, 0.3) is 0 Å². The van der Waals surface area contributed by atoms with E-state index in [0.29, 0.717) is 10.8 Å². The van der Waals surface area contributed by atoms with E-state index in [9.17, 15) is 14.4 Å². The fraction of sp³-hybridized carbons (Fsp3) is 0.250. The van der Waals surface area contributed by atoms with Crippen molar-refractivity contribution in [3.8, 4) is 0 Å². The van der Waals surface area contributed by atoms with E-state index >= 15 is 0 Å². The molecular weight excluding hydrogens is 300 g/mol. The van der Waals surface area contributed by atoms with Crippen molar-refractivity contribution in [2.75, 3.05) is 0 Å². The Bertz CT molecular complexity index is 761. The third-order valence-electron chi connectivity index (χ3n) is 3.51. The molecule has 2 amide bonds. The van der Waals surface area contributed by atoms with Crippen molar-refractivity contribution in [3.63, 3.8) is 0 Å². The Kier molecular flexibility index (Phi) is 2.45. The van der Waals surface area contributed by atoms with E-state index in [-0.39, 0.29) is 22.6 Å². The molecule has 4 heterocycles. The highest BCUT2D eigenvalue weighted by Crippen LogP contribution is 2.50. The zero-order valence-electron chi connectivity index (χ0n) is 9.91. The summed E-state index contributed by atoms with van der Waals surface area (Å²) in [4.78, 5) is 38.8. The molecule has 2 aliphatic rings. The summed E-state index contributed by atoms with van der Waals surface area (Å²) in [6.07, 6.45) is 1.52. The molecule has 102 valence electrons. The minimum Gasteiger partial charge on any atom is -0.469 e. The molecule has 2 aromatic rings. The third-order valence-corrected chi connectivity index (χ3v) is 5.93. The molecule has 20 heavy (non-hydrogen) atoms. The summed E-state index contributed by atoms with van der Waals surface area (Å²) in [5.41, 5.74) is 0. The lowest BCUT2D eigenvalue weighted by Gasteiger charge is -2.27. The van der Waals surface area contributed by atoms with Gasteiger partial charge in [-0.2, -0.15) is 0 Å². The predicted octanol–water partition coefficient (Wildman–Crippen LogP) is 0.908. The molecule has 0 unspecified atom stereocenters. The first-order valence-corrected chi connectivity index (χ1v) is 7.62. The Morgan fingerprint density at radius 2 is 2.05 bits per heavy atom. The van der Waals surface area contributed by atoms with Crippen LogP contribution in [0, 0.1) is 5.92 Å². The molecule has 0 aromatic carbocycles. The van der Waals surface area contributed by atoms with Gasteiger partial charge in [-0.3, -0.25) is 19.7 Å². The fourth-order valence-electron chi connectivity index (χ4n) is 2.71. The zero-order chi connectivity index (χ0) is 13.9. The number of nitrogens with one attached hydrogen (secondary N) is 2. The smallest absolute Gasteiger partial charge is 0.305 e. The number of aromatic amines is 1. The molecule has 0 bridgehead atoms. The lowest BCUT2D eigenvalue weighted by molar-refractivity contribution is -0.125. The van der Waals surface area contributed by atoms with Crippen LogP contribution in [0.1, 0.15) is 16.6 Å². The molecule has 3 atom stereocenters. The molecule has 0 spiro atoms. The minimum atomic E-state index is -0.530. The standard InChI is InChI=1S/C12H8N2O4S2/c15-9-6-5(4-2-1-3-18-4)8-11(14-12(17)20-8)19-7(6)10(16)13-9/h1-3,5-7H,(H,14,17)(H,13,15,16)/t5-,6-,7+/m1/s1. The number of hydrogen-bond donors (Lipinski definition) is 2. The topological polar surface area (TPSA) is 92.2 Å². The zero-order valence-corrected chi connectivity index (χ0v) is 11.5. The number of carbonyl (C=O) groups is 2. The molecule has 8 heteroatoms. The Morgan fingerprint density at radius 1 is 1.20 bits per heavy atom. The number of imide groups is 1. The largest absolute Gasteiger partial charge is 0.469 e. The normalized spacial score (nSPS) is 28.1. The Balaban J connectivity index is 1.94. The minimum absolute atomic E-state index is 0.188. The molecule has 2 N–H and O–H groups in total. The number of rotatable bonds is 1. The summed E-state index contributed by atoms with van der Waals surface area (Å²) in [6.45, 7) is 0. The van der Waals surface area contributed by atoms with Crippen molar-refractivity contribution in [1.29, 1.82) is 0 Å². The van der Waals surface area contributed by atoms with Crippen LogP contribution in [0.3, 0.4) is 0 Å². The van der Waals surface area contributed by atoms with Gasteiger partial charge in [-0.25, -0.2) is 0 Å². The van der Waals surface area contributed by atoms with E-state index in [1.54, 1.807) is 12.1 Å². The number of H-pyrrole nitrogens is 1. The number of fused-ring (bicyclic) bond motifs is 2. The maximum absolute atomic E-state index is 12.1. The van der Waals surface area contributed by atoms with Crippen LogP contribution in [-0.4, -0.2) is 22.0 Å². The monoisotopic (exact) mass is 308 g/mol. The molecular formula is C12H8N2O4S2. The number of thiazole rings is 1. The van der Waals surface area contributed by atoms with Gasteiger partial charge in [0.05, 0.1) is 28.0 Å². The highest BCUT2D eigenvalue weighted by atomic mass is 32.2. The summed E-state index contributed by atoms with van der Waals surface area (Å²) in [6, 6.07) is 3.50. The van der Waals surface area contributed by atoms with Gasteiger partial charge in [0.2, 0.25) is 11.8 Å². The van der Waals surface area contributed by atoms with Crippen LogP contribution in [0.15, 0.2) is 32.6 Å². The van der Waals surface area contributed by atoms with Crippen molar-refractivity contribution < 1.29 is 14.0 Å². The summed E-state index contributed by atoms with van der Waals surface area (Å²) >= 11 is 2.31. The Morgan fingerprint density at radius 3 is 2.80 bits per heavy atom. The number of aromatic nitrogens is 1. The molecule has 0 aliphatic carbocycles. The van der Waals surface area contributed by atoms with E-state index in [1.165, 1.54) is 18.0 Å². The van der Waals surface area contributed by atoms with E-state index in [1.807, 2.05) is 0 Å². The first-order chi connectivity index (χ1) is 9.65. The molecule has 2 aliphatic heterocycles. The summed E-state index contributed by atoms with van der Waals surface area (Å²) in [5.74, 6) is -0.930. The quantitative estimate of drug-likeness (QED) is 0.764. The summed E-state index contributed by atoms with van der Waals surface area (Å²) in [7, 11) is 0. The second-order valence-corrected chi connectivity index (χ2v) is 6.79. The highest BCUT2D eigenvalue weighted by Gasteiger charge is 2.53. The van der Waals surface area contributed by atoms with Gasteiger partial charge in [-0.05, 0) is 12.1 Å². The van der Waals surface area contributed by atoms with Gasteiger partial charge >= 0.3 is 4.87 Å². The molecule has 0 radical (unpaired) electrons. The van der Waals surface area contributed by atoms with Gasteiger partial charge in [0.15, 0.2) is 0 Å². The van der Waals surface area contributed by atoms with Crippen LogP contribution < -0.4 is 10.2 Å². The van der Waals surface area contributed by atoms with Crippen molar-refractivity contribution in [2.45, 2.75) is 16.2 Å². The van der Waals surface area contributed by atoms with Gasteiger partial charge in [-0.1, -0.05) is 23.1 Å². The summed E-state index contributed by atoms with van der Waals surface area (Å²) in [5, 5.41) is 2.50. The number of thioether (sulfide) groups is 1. The SMILES string of the molecule is O=C1NC(=O)[C@H]2Sc3[nH]c(=O)sc3[C@H](c3ccco3)[C@@H]12. The average Bonchev–Trinajstić information content (AvgIpc) is 3.08. The molecule has 0 saturated carbocycles. The van der Waals surface area contributed by atoms with E-state index in [2.05, 4.69) is 10.3 Å². The van der Waals surface area contributed by atoms with Gasteiger partial charge in [0.1, 0.15) is 11.0 Å². The van der Waals surface area contributed by atoms with Gasteiger partial charge in [0, 0.05) is 0 Å². The fourth-order valence-corrected chi connectivity index (χ4v) is 5.17. The Hall–Kier alpha value is -1.80. The van der Waals surface area contributed by atoms with Gasteiger partial charge < -0.3 is 9.40 Å². The first-order valence-electron chi connectivity index (χ1n) is 5.93. The van der Waals surface area contributed by atoms with Crippen molar-refractivity contribution in [3.05, 3.63) is 38.7 Å². The van der Waals surface area contributed by atoms with Crippen LogP contribution in [0.25, 0.3) is 0 Å². The van der Waals surface area contributed by atoms with Gasteiger partial charge in [-0.15, -0.1) is 0 Å². The van der Waals surface area contributed by atoms with E-state index in [0.717, 1.165) is 16.2 Å². The summed E-state index contributed by atoms with van der Waals surface area (Å²) < 4.78 is 5.42. The molecule has 2 aromatic heterocycles. The van der Waals surface area contributed by atoms with Crippen molar-refractivity contribution in [1.82, 2.24) is 10.3 Å². The third kappa shape index (κ3) is 1.55. The Labute approximate surface area is 120 Å². The number of furan rings is 1. The number of carbonyl (C=O) groups excluding carboxylic acids is 2. The van der Waals surface area contributed by atoms with Crippen LogP contribution in [-0.2, 0) is 9.59 Å².